The van der Waals surface area contributed by atoms with Gasteiger partial charge in [0.1, 0.15) is 11.3 Å². The van der Waals surface area contributed by atoms with Crippen molar-refractivity contribution in [1.29, 1.82) is 0 Å². The number of rotatable bonds is 2. The molecule has 3 rings (SSSR count). The zero-order chi connectivity index (χ0) is 15.5. The molecule has 22 heavy (non-hydrogen) atoms. The van der Waals surface area contributed by atoms with Crippen molar-refractivity contribution in [2.75, 3.05) is 17.6 Å². The van der Waals surface area contributed by atoms with Gasteiger partial charge in [-0.3, -0.25) is 0 Å². The predicted octanol–water partition coefficient (Wildman–Crippen LogP) is 3.70. The van der Waals surface area contributed by atoms with Crippen LogP contribution in [-0.2, 0) is 0 Å². The first-order valence-electron chi connectivity index (χ1n) is 6.49. The maximum Gasteiger partial charge on any atom is 0.181 e. The van der Waals surface area contributed by atoms with Crippen molar-refractivity contribution in [2.45, 2.75) is 0 Å². The van der Waals surface area contributed by atoms with E-state index in [9.17, 15) is 5.11 Å². The maximum atomic E-state index is 9.92. The topological polar surface area (TPSA) is 71.2 Å². The Morgan fingerprint density at radius 2 is 2.05 bits per heavy atom. The molecule has 0 radical (unpaired) electrons. The predicted molar refractivity (Wildman–Crippen MR) is 92.5 cm³/mol. The lowest BCUT2D eigenvalue weighted by Crippen LogP contribution is -1.97. The third kappa shape index (κ3) is 3.25. The van der Waals surface area contributed by atoms with E-state index in [1.807, 2.05) is 30.3 Å². The molecular weight excluding hydrogens is 318 g/mol. The van der Waals surface area contributed by atoms with E-state index in [0.717, 1.165) is 16.0 Å². The molecule has 1 heterocycles. The number of benzene rings is 2. The van der Waals surface area contributed by atoms with Gasteiger partial charge in [-0.1, -0.05) is 34.8 Å². The number of hydrogen-bond donors (Lipinski definition) is 3. The molecule has 4 N–H and O–H groups in total. The molecule has 1 aromatic heterocycles. The molecule has 0 fully saturated rings. The Labute approximate surface area is 136 Å². The lowest BCUT2D eigenvalue weighted by Gasteiger charge is -2.01. The third-order valence-electron chi connectivity index (χ3n) is 2.95. The second-order valence-electron chi connectivity index (χ2n) is 4.56. The summed E-state index contributed by atoms with van der Waals surface area (Å²) in [6.07, 6.45) is 0. The summed E-state index contributed by atoms with van der Waals surface area (Å²) in [4.78, 5) is 4.07. The number of phenols is 1. The molecule has 2 aromatic carbocycles. The van der Waals surface area contributed by atoms with Crippen molar-refractivity contribution in [2.24, 2.45) is 0 Å². The molecule has 0 unspecified atom stereocenters. The number of thiazole rings is 1. The molecule has 4 nitrogen and oxygen atoms in total. The summed E-state index contributed by atoms with van der Waals surface area (Å²) in [6.45, 7) is 0.491. The van der Waals surface area contributed by atoms with Gasteiger partial charge < -0.3 is 16.2 Å². The van der Waals surface area contributed by atoms with Gasteiger partial charge in [0.2, 0.25) is 0 Å². The second-order valence-corrected chi connectivity index (χ2v) is 6.06. The third-order valence-corrected chi connectivity index (χ3v) is 4.03. The number of nitrogens with zero attached hydrogens (tertiary/aromatic N) is 1. The van der Waals surface area contributed by atoms with Crippen LogP contribution >= 0.6 is 22.9 Å². The van der Waals surface area contributed by atoms with Crippen molar-refractivity contribution in [3.8, 4) is 17.6 Å². The Morgan fingerprint density at radius 3 is 2.82 bits per heavy atom. The van der Waals surface area contributed by atoms with Gasteiger partial charge in [0.25, 0.3) is 0 Å². The van der Waals surface area contributed by atoms with Gasteiger partial charge in [-0.05, 0) is 36.4 Å². The SMILES string of the molecule is Nc1nc2c(O)cc(C#CCNc3ccc(Cl)cc3)cc2s1. The van der Waals surface area contributed by atoms with E-state index in [-0.39, 0.29) is 5.75 Å². The quantitative estimate of drug-likeness (QED) is 0.627. The largest absolute Gasteiger partial charge is 0.506 e. The lowest BCUT2D eigenvalue weighted by molar-refractivity contribution is 0.480. The number of nitrogens with two attached hydrogens (primary N) is 1. The van der Waals surface area contributed by atoms with E-state index in [0.29, 0.717) is 22.2 Å². The van der Waals surface area contributed by atoms with Gasteiger partial charge in [0.05, 0.1) is 11.2 Å². The fraction of sp³-hybridized carbons (Fsp3) is 0.0625. The molecule has 0 atom stereocenters. The summed E-state index contributed by atoms with van der Waals surface area (Å²) in [5, 5.41) is 14.2. The highest BCUT2D eigenvalue weighted by molar-refractivity contribution is 7.22. The summed E-state index contributed by atoms with van der Waals surface area (Å²) in [6, 6.07) is 10.9. The van der Waals surface area contributed by atoms with Crippen LogP contribution in [-0.4, -0.2) is 16.6 Å². The van der Waals surface area contributed by atoms with E-state index in [1.165, 1.54) is 11.3 Å². The second kappa shape index (κ2) is 6.14. The number of nitrogens with one attached hydrogen (secondary N) is 1. The minimum atomic E-state index is 0.0976. The van der Waals surface area contributed by atoms with Gasteiger partial charge in [-0.2, -0.15) is 0 Å². The monoisotopic (exact) mass is 329 g/mol. The normalized spacial score (nSPS) is 10.2. The first kappa shape index (κ1) is 14.5. The zero-order valence-electron chi connectivity index (χ0n) is 11.4. The molecule has 110 valence electrons. The molecular formula is C16H12ClN3OS. The standard InChI is InChI=1S/C16H12ClN3OS/c17-11-3-5-12(6-4-11)19-7-1-2-10-8-13(21)15-14(9-10)22-16(18)20-15/h3-6,8-9,19,21H,7H2,(H2,18,20). The number of phenolic OH excluding ortho intramolecular Hbond substituents is 1. The average molecular weight is 330 g/mol. The van der Waals surface area contributed by atoms with Crippen LogP contribution in [0.15, 0.2) is 36.4 Å². The van der Waals surface area contributed by atoms with Crippen LogP contribution in [0.4, 0.5) is 10.8 Å². The fourth-order valence-electron chi connectivity index (χ4n) is 1.96. The molecule has 0 bridgehead atoms. The van der Waals surface area contributed by atoms with Crippen LogP contribution < -0.4 is 11.1 Å². The average Bonchev–Trinajstić information content (AvgIpc) is 2.86. The van der Waals surface area contributed by atoms with Gasteiger partial charge >= 0.3 is 0 Å². The molecule has 0 aliphatic carbocycles. The van der Waals surface area contributed by atoms with Crippen LogP contribution in [0.1, 0.15) is 5.56 Å². The van der Waals surface area contributed by atoms with E-state index in [2.05, 4.69) is 22.1 Å². The van der Waals surface area contributed by atoms with Crippen LogP contribution in [0, 0.1) is 11.8 Å². The van der Waals surface area contributed by atoms with Crippen LogP contribution in [0.25, 0.3) is 10.2 Å². The lowest BCUT2D eigenvalue weighted by atomic mass is 10.2. The zero-order valence-corrected chi connectivity index (χ0v) is 13.0. The molecule has 0 spiro atoms. The summed E-state index contributed by atoms with van der Waals surface area (Å²) >= 11 is 7.15. The maximum absolute atomic E-state index is 9.92. The Hall–Kier alpha value is -2.42. The highest BCUT2D eigenvalue weighted by Crippen LogP contribution is 2.31. The number of aromatic nitrogens is 1. The molecule has 0 saturated heterocycles. The van der Waals surface area contributed by atoms with Crippen molar-refractivity contribution < 1.29 is 5.11 Å². The van der Waals surface area contributed by atoms with Gasteiger partial charge in [0, 0.05) is 16.3 Å². The highest BCUT2D eigenvalue weighted by Gasteiger charge is 2.07. The van der Waals surface area contributed by atoms with Gasteiger partial charge in [0.15, 0.2) is 5.13 Å². The first-order chi connectivity index (χ1) is 10.6. The van der Waals surface area contributed by atoms with Crippen molar-refractivity contribution in [1.82, 2.24) is 4.98 Å². The Bertz CT molecular complexity index is 878. The van der Waals surface area contributed by atoms with Gasteiger partial charge in [-0.15, -0.1) is 0 Å². The van der Waals surface area contributed by atoms with E-state index >= 15 is 0 Å². The van der Waals surface area contributed by atoms with Crippen LogP contribution in [0.2, 0.25) is 5.02 Å². The van der Waals surface area contributed by atoms with E-state index < -0.39 is 0 Å². The molecule has 0 aliphatic heterocycles. The number of hydrogen-bond acceptors (Lipinski definition) is 5. The van der Waals surface area contributed by atoms with Gasteiger partial charge in [-0.25, -0.2) is 4.98 Å². The number of aromatic hydroxyl groups is 1. The van der Waals surface area contributed by atoms with Crippen molar-refractivity contribution in [3.05, 3.63) is 47.0 Å². The Kier molecular flexibility index (Phi) is 4.05. The number of halogens is 1. The number of anilines is 2. The Morgan fingerprint density at radius 1 is 1.27 bits per heavy atom. The van der Waals surface area contributed by atoms with Crippen LogP contribution in [0.3, 0.4) is 0 Å². The van der Waals surface area contributed by atoms with Crippen LogP contribution in [0.5, 0.6) is 5.75 Å². The minimum Gasteiger partial charge on any atom is -0.506 e. The summed E-state index contributed by atoms with van der Waals surface area (Å²) < 4.78 is 0.826. The Balaban J connectivity index is 1.72. The molecule has 0 saturated carbocycles. The smallest absolute Gasteiger partial charge is 0.181 e. The molecule has 3 aromatic rings. The van der Waals surface area contributed by atoms with E-state index in [1.54, 1.807) is 6.07 Å². The summed E-state index contributed by atoms with van der Waals surface area (Å²) in [7, 11) is 0. The van der Waals surface area contributed by atoms with Crippen molar-refractivity contribution in [3.63, 3.8) is 0 Å². The van der Waals surface area contributed by atoms with E-state index in [4.69, 9.17) is 17.3 Å². The fourth-order valence-corrected chi connectivity index (χ4v) is 2.88. The highest BCUT2D eigenvalue weighted by atomic mass is 35.5. The molecule has 0 amide bonds. The molecule has 6 heteroatoms. The first-order valence-corrected chi connectivity index (χ1v) is 7.68. The molecule has 0 aliphatic rings. The van der Waals surface area contributed by atoms with Crippen molar-refractivity contribution >= 4 is 44.0 Å². The number of fused-ring (bicyclic) bond motifs is 1. The summed E-state index contributed by atoms with van der Waals surface area (Å²) in [5.74, 6) is 6.12. The minimum absolute atomic E-state index is 0.0976. The number of nitrogen functional groups attached to an aromatic ring is 1. The summed E-state index contributed by atoms with van der Waals surface area (Å²) in [5.41, 5.74) is 7.85.